The van der Waals surface area contributed by atoms with E-state index in [1.807, 2.05) is 49.2 Å². The molecule has 0 saturated carbocycles. The molecule has 152 valence electrons. The number of H-pyrrole nitrogens is 1. The van der Waals surface area contributed by atoms with Crippen LogP contribution in [0.4, 0.5) is 0 Å². The number of aryl methyl sites for hydroxylation is 1. The summed E-state index contributed by atoms with van der Waals surface area (Å²) in [6.45, 7) is 3.47. The Bertz CT molecular complexity index is 1220. The smallest absolute Gasteiger partial charge is 0.274 e. The maximum Gasteiger partial charge on any atom is 0.274 e. The lowest BCUT2D eigenvalue weighted by atomic mass is 10.1. The highest BCUT2D eigenvalue weighted by Crippen LogP contribution is 2.38. The van der Waals surface area contributed by atoms with Gasteiger partial charge in [-0.05, 0) is 32.0 Å². The van der Waals surface area contributed by atoms with Gasteiger partial charge in [-0.3, -0.25) is 14.9 Å². The van der Waals surface area contributed by atoms with Gasteiger partial charge in [-0.25, -0.2) is 4.98 Å². The van der Waals surface area contributed by atoms with E-state index >= 15 is 0 Å². The number of hydrogen-bond acceptors (Lipinski definition) is 6. The number of aromatic amines is 1. The van der Waals surface area contributed by atoms with Gasteiger partial charge in [-0.2, -0.15) is 5.10 Å². The third kappa shape index (κ3) is 3.18. The number of nitrogens with zero attached hydrogens (tertiary/aromatic N) is 4. The molecule has 30 heavy (non-hydrogen) atoms. The van der Waals surface area contributed by atoms with Crippen LogP contribution in [0.3, 0.4) is 0 Å². The molecule has 1 aliphatic rings. The fourth-order valence-corrected chi connectivity index (χ4v) is 5.00. The van der Waals surface area contributed by atoms with E-state index in [9.17, 15) is 4.79 Å². The summed E-state index contributed by atoms with van der Waals surface area (Å²) >= 11 is 1.50. The Kier molecular flexibility index (Phi) is 4.80. The molecule has 3 aromatic heterocycles. The van der Waals surface area contributed by atoms with Gasteiger partial charge in [-0.1, -0.05) is 24.3 Å². The maximum atomic E-state index is 13.4. The van der Waals surface area contributed by atoms with Crippen LogP contribution in [0.1, 0.15) is 22.5 Å². The highest BCUT2D eigenvalue weighted by Gasteiger charge is 2.30. The topological polar surface area (TPSA) is 86.8 Å². The normalized spacial score (nSPS) is 16.5. The number of amides is 1. The number of likely N-dealkylation sites (N-methyl/N-ethyl adjacent to an activating group) is 1. The summed E-state index contributed by atoms with van der Waals surface area (Å²) in [4.78, 5) is 25.2. The minimum atomic E-state index is -0.0332. The lowest BCUT2D eigenvalue weighted by Gasteiger charge is -2.15. The molecule has 4 aromatic rings. The fraction of sp³-hybridized carbons (Fsp3) is 0.273. The number of benzene rings is 1. The van der Waals surface area contributed by atoms with E-state index in [1.54, 1.807) is 12.4 Å². The molecular formula is C22H22N6OS. The van der Waals surface area contributed by atoms with Gasteiger partial charge in [0.2, 0.25) is 0 Å². The van der Waals surface area contributed by atoms with Crippen molar-refractivity contribution in [2.24, 2.45) is 0 Å². The number of pyridine rings is 1. The lowest BCUT2D eigenvalue weighted by Crippen LogP contribution is -2.33. The van der Waals surface area contributed by atoms with E-state index in [2.05, 4.69) is 20.5 Å². The van der Waals surface area contributed by atoms with Gasteiger partial charge in [0.15, 0.2) is 0 Å². The van der Waals surface area contributed by atoms with Crippen molar-refractivity contribution in [3.8, 4) is 21.1 Å². The number of para-hydroxylation sites is 1. The summed E-state index contributed by atoms with van der Waals surface area (Å²) in [5.74, 6) is -0.0332. The SMILES string of the molecule is CNC1CCN(C(=O)c2nc(-c3[nH]nc4c(C)cccc34)sc2-c2cccnc2)C1. The molecule has 0 radical (unpaired) electrons. The molecule has 0 spiro atoms. The second-order valence-electron chi connectivity index (χ2n) is 7.53. The average molecular weight is 419 g/mol. The van der Waals surface area contributed by atoms with Crippen LogP contribution < -0.4 is 5.32 Å². The summed E-state index contributed by atoms with van der Waals surface area (Å²) in [6.07, 6.45) is 4.46. The van der Waals surface area contributed by atoms with Crippen LogP contribution in [0.5, 0.6) is 0 Å². The number of hydrogen-bond donors (Lipinski definition) is 2. The number of carbonyl (C=O) groups excluding carboxylic acids is 1. The van der Waals surface area contributed by atoms with Crippen LogP contribution in [0, 0.1) is 6.92 Å². The number of aromatic nitrogens is 4. The van der Waals surface area contributed by atoms with Crippen LogP contribution in [0.2, 0.25) is 0 Å². The first-order valence-corrected chi connectivity index (χ1v) is 10.8. The molecule has 1 aromatic carbocycles. The highest BCUT2D eigenvalue weighted by molar-refractivity contribution is 7.18. The van der Waals surface area contributed by atoms with E-state index in [1.165, 1.54) is 11.3 Å². The summed E-state index contributed by atoms with van der Waals surface area (Å²) in [5.41, 5.74) is 4.25. The van der Waals surface area contributed by atoms with E-state index in [0.29, 0.717) is 18.3 Å². The number of likely N-dealkylation sites (tertiary alicyclic amines) is 1. The number of fused-ring (bicyclic) bond motifs is 1. The first kappa shape index (κ1) is 18.9. The van der Waals surface area contributed by atoms with Gasteiger partial charge < -0.3 is 10.2 Å². The summed E-state index contributed by atoms with van der Waals surface area (Å²) < 4.78 is 0. The molecule has 0 aliphatic carbocycles. The Morgan fingerprint density at radius 2 is 2.20 bits per heavy atom. The first-order valence-electron chi connectivity index (χ1n) is 9.97. The molecule has 7 nitrogen and oxygen atoms in total. The van der Waals surface area contributed by atoms with Crippen molar-refractivity contribution in [1.82, 2.24) is 30.4 Å². The predicted octanol–water partition coefficient (Wildman–Crippen LogP) is 3.49. The molecule has 1 atom stereocenters. The maximum absolute atomic E-state index is 13.4. The van der Waals surface area contributed by atoms with Gasteiger partial charge in [0.05, 0.1) is 10.4 Å². The zero-order valence-electron chi connectivity index (χ0n) is 16.8. The lowest BCUT2D eigenvalue weighted by molar-refractivity contribution is 0.0785. The quantitative estimate of drug-likeness (QED) is 0.530. The van der Waals surface area contributed by atoms with Gasteiger partial charge in [-0.15, -0.1) is 11.3 Å². The molecule has 8 heteroatoms. The van der Waals surface area contributed by atoms with Crippen molar-refractivity contribution in [1.29, 1.82) is 0 Å². The van der Waals surface area contributed by atoms with Crippen molar-refractivity contribution >= 4 is 28.1 Å². The van der Waals surface area contributed by atoms with Gasteiger partial charge in [0.1, 0.15) is 16.4 Å². The summed E-state index contributed by atoms with van der Waals surface area (Å²) in [5, 5.41) is 12.6. The summed E-state index contributed by atoms with van der Waals surface area (Å²) in [6, 6.07) is 10.3. The average Bonchev–Trinajstić information content (AvgIpc) is 3.51. The second kappa shape index (κ2) is 7.62. The van der Waals surface area contributed by atoms with E-state index < -0.39 is 0 Å². The largest absolute Gasteiger partial charge is 0.336 e. The molecule has 1 fully saturated rings. The second-order valence-corrected chi connectivity index (χ2v) is 8.53. The van der Waals surface area contributed by atoms with Crippen LogP contribution in [0.25, 0.3) is 32.0 Å². The third-order valence-corrected chi connectivity index (χ3v) is 6.76. The van der Waals surface area contributed by atoms with Crippen molar-refractivity contribution in [2.75, 3.05) is 20.1 Å². The molecule has 1 saturated heterocycles. The highest BCUT2D eigenvalue weighted by atomic mass is 32.1. The number of thiazole rings is 1. The zero-order valence-corrected chi connectivity index (χ0v) is 17.7. The first-order chi connectivity index (χ1) is 14.7. The fourth-order valence-electron chi connectivity index (χ4n) is 3.94. The molecule has 1 unspecified atom stereocenters. The standard InChI is InChI=1S/C22H22N6OS/c1-13-5-3-7-16-17(13)26-27-18(16)21-25-19(20(30-21)14-6-4-9-24-11-14)22(29)28-10-8-15(12-28)23-2/h3-7,9,11,15,23H,8,10,12H2,1-2H3,(H,26,27). The molecule has 2 N–H and O–H groups in total. The van der Waals surface area contributed by atoms with Crippen molar-refractivity contribution in [2.45, 2.75) is 19.4 Å². The monoisotopic (exact) mass is 418 g/mol. The molecule has 4 heterocycles. The van der Waals surface area contributed by atoms with E-state index in [-0.39, 0.29) is 5.91 Å². The van der Waals surface area contributed by atoms with Gasteiger partial charge in [0, 0.05) is 42.5 Å². The minimum Gasteiger partial charge on any atom is -0.336 e. The number of rotatable bonds is 4. The van der Waals surface area contributed by atoms with E-state index in [4.69, 9.17) is 4.98 Å². The van der Waals surface area contributed by atoms with Crippen LogP contribution >= 0.6 is 11.3 Å². The zero-order chi connectivity index (χ0) is 20.7. The molecular weight excluding hydrogens is 396 g/mol. The van der Waals surface area contributed by atoms with Crippen LogP contribution in [-0.4, -0.2) is 57.2 Å². The number of carbonyl (C=O) groups is 1. The van der Waals surface area contributed by atoms with Gasteiger partial charge in [0.25, 0.3) is 5.91 Å². The molecule has 0 bridgehead atoms. The predicted molar refractivity (Wildman–Crippen MR) is 119 cm³/mol. The van der Waals surface area contributed by atoms with E-state index in [0.717, 1.165) is 50.6 Å². The van der Waals surface area contributed by atoms with Crippen molar-refractivity contribution in [3.05, 3.63) is 54.0 Å². The minimum absolute atomic E-state index is 0.0332. The van der Waals surface area contributed by atoms with Crippen LogP contribution in [-0.2, 0) is 0 Å². The van der Waals surface area contributed by atoms with Crippen molar-refractivity contribution < 1.29 is 4.79 Å². The van der Waals surface area contributed by atoms with Crippen molar-refractivity contribution in [3.63, 3.8) is 0 Å². The molecule has 1 aliphatic heterocycles. The third-order valence-electron chi connectivity index (χ3n) is 5.64. The number of nitrogens with one attached hydrogen (secondary N) is 2. The Labute approximate surface area is 178 Å². The Hall–Kier alpha value is -3.10. The summed E-state index contributed by atoms with van der Waals surface area (Å²) in [7, 11) is 1.94. The van der Waals surface area contributed by atoms with Crippen LogP contribution in [0.15, 0.2) is 42.7 Å². The Balaban J connectivity index is 1.62. The molecule has 1 amide bonds. The Morgan fingerprint density at radius 1 is 1.30 bits per heavy atom. The Morgan fingerprint density at radius 3 is 2.97 bits per heavy atom. The molecule has 5 rings (SSSR count). The van der Waals surface area contributed by atoms with Gasteiger partial charge >= 0.3 is 0 Å².